The Labute approximate surface area is 181 Å². The van der Waals surface area contributed by atoms with Crippen LogP contribution < -0.4 is 10.1 Å². The predicted molar refractivity (Wildman–Crippen MR) is 113 cm³/mol. The lowest BCUT2D eigenvalue weighted by molar-refractivity contribution is 0.00166. The molecule has 0 radical (unpaired) electrons. The van der Waals surface area contributed by atoms with Gasteiger partial charge in [-0.3, -0.25) is 9.69 Å². The second kappa shape index (κ2) is 10.2. The van der Waals surface area contributed by atoms with E-state index in [-0.39, 0.29) is 11.9 Å². The van der Waals surface area contributed by atoms with Crippen LogP contribution in [0, 0.1) is 5.92 Å². The van der Waals surface area contributed by atoms with Crippen molar-refractivity contribution in [3.63, 3.8) is 0 Å². The van der Waals surface area contributed by atoms with Gasteiger partial charge in [0, 0.05) is 44.3 Å². The second-order valence-corrected chi connectivity index (χ2v) is 7.75. The van der Waals surface area contributed by atoms with Crippen LogP contribution in [0.3, 0.4) is 0 Å². The van der Waals surface area contributed by atoms with Gasteiger partial charge in [0.1, 0.15) is 0 Å². The van der Waals surface area contributed by atoms with Crippen molar-refractivity contribution in [2.45, 2.75) is 25.8 Å². The van der Waals surface area contributed by atoms with E-state index in [2.05, 4.69) is 25.5 Å². The van der Waals surface area contributed by atoms with E-state index in [0.29, 0.717) is 36.1 Å². The Bertz CT molecular complexity index is 859. The number of carbonyl (C=O) groups is 1. The number of morpholine rings is 1. The lowest BCUT2D eigenvalue weighted by Gasteiger charge is -2.37. The number of ether oxygens (including phenoxy) is 3. The Morgan fingerprint density at radius 1 is 1.26 bits per heavy atom. The van der Waals surface area contributed by atoms with E-state index in [1.54, 1.807) is 30.1 Å². The smallest absolute Gasteiger partial charge is 0.254 e. The summed E-state index contributed by atoms with van der Waals surface area (Å²) in [7, 11) is 1.54. The van der Waals surface area contributed by atoms with Gasteiger partial charge in [0.2, 0.25) is 5.88 Å². The molecule has 2 saturated heterocycles. The average molecular weight is 431 g/mol. The molecule has 1 N–H and O–H groups in total. The number of amides is 1. The van der Waals surface area contributed by atoms with Crippen LogP contribution in [0.25, 0.3) is 5.82 Å². The summed E-state index contributed by atoms with van der Waals surface area (Å²) in [6.45, 7) is 7.32. The summed E-state index contributed by atoms with van der Waals surface area (Å²) in [5, 5.41) is 15.7. The molecule has 168 valence electrons. The van der Waals surface area contributed by atoms with Crippen LogP contribution in [0.4, 0.5) is 0 Å². The molecule has 4 rings (SSSR count). The van der Waals surface area contributed by atoms with Crippen molar-refractivity contribution < 1.29 is 19.0 Å². The summed E-state index contributed by atoms with van der Waals surface area (Å²) < 4.78 is 17.8. The first kappa shape index (κ1) is 21.7. The molecule has 2 aliphatic rings. The van der Waals surface area contributed by atoms with Crippen molar-refractivity contribution in [1.29, 1.82) is 0 Å². The molecule has 4 heterocycles. The Kier molecular flexibility index (Phi) is 7.10. The summed E-state index contributed by atoms with van der Waals surface area (Å²) in [6, 6.07) is 3.73. The highest BCUT2D eigenvalue weighted by molar-refractivity contribution is 5.95. The molecule has 0 spiro atoms. The first-order valence-electron chi connectivity index (χ1n) is 10.8. The number of hydrogen-bond donors (Lipinski definition) is 1. The predicted octanol–water partition coefficient (Wildman–Crippen LogP) is 0.700. The van der Waals surface area contributed by atoms with Gasteiger partial charge in [-0.05, 0) is 18.9 Å². The van der Waals surface area contributed by atoms with Gasteiger partial charge in [-0.1, -0.05) is 6.92 Å². The number of aromatic nitrogens is 4. The van der Waals surface area contributed by atoms with Gasteiger partial charge in [0.05, 0.1) is 44.4 Å². The van der Waals surface area contributed by atoms with E-state index in [0.717, 1.165) is 51.6 Å². The van der Waals surface area contributed by atoms with Gasteiger partial charge in [0.15, 0.2) is 5.82 Å². The summed E-state index contributed by atoms with van der Waals surface area (Å²) in [4.78, 5) is 15.5. The van der Waals surface area contributed by atoms with Gasteiger partial charge in [0.25, 0.3) is 5.91 Å². The van der Waals surface area contributed by atoms with Crippen molar-refractivity contribution in [1.82, 2.24) is 30.2 Å². The normalized spacial score (nSPS) is 20.5. The Hall–Kier alpha value is -2.56. The zero-order valence-corrected chi connectivity index (χ0v) is 18.1. The minimum atomic E-state index is -0.123. The number of nitrogens with one attached hydrogen (secondary N) is 1. The van der Waals surface area contributed by atoms with Crippen LogP contribution in [0.1, 0.15) is 29.4 Å². The highest BCUT2D eigenvalue weighted by atomic mass is 16.5. The lowest BCUT2D eigenvalue weighted by atomic mass is 9.96. The zero-order chi connectivity index (χ0) is 21.6. The van der Waals surface area contributed by atoms with Gasteiger partial charge in [-0.25, -0.2) is 4.68 Å². The maximum absolute atomic E-state index is 13.1. The van der Waals surface area contributed by atoms with E-state index in [1.165, 1.54) is 0 Å². The largest absolute Gasteiger partial charge is 0.480 e. The highest BCUT2D eigenvalue weighted by Crippen LogP contribution is 2.22. The average Bonchev–Trinajstić information content (AvgIpc) is 3.50. The number of carbonyl (C=O) groups excluding carboxylic acids is 1. The lowest BCUT2D eigenvalue weighted by Crippen LogP contribution is -2.52. The van der Waals surface area contributed by atoms with E-state index in [4.69, 9.17) is 14.2 Å². The summed E-state index contributed by atoms with van der Waals surface area (Å²) in [5.41, 5.74) is 1.35. The highest BCUT2D eigenvalue weighted by Gasteiger charge is 2.32. The second-order valence-electron chi connectivity index (χ2n) is 7.75. The fourth-order valence-electron chi connectivity index (χ4n) is 4.29. The molecule has 0 aliphatic carbocycles. The van der Waals surface area contributed by atoms with E-state index in [1.807, 2.05) is 6.92 Å². The third-order valence-electron chi connectivity index (χ3n) is 6.00. The number of hydrogen-bond acceptors (Lipinski definition) is 8. The summed E-state index contributed by atoms with van der Waals surface area (Å²) >= 11 is 0. The first-order valence-corrected chi connectivity index (χ1v) is 10.8. The Balaban J connectivity index is 1.47. The standard InChI is InChI=1S/C21H30N6O4/c1-3-17-16(12-23-27(17)19-4-5-20(29-2)25-24-19)21(28)22-13-18(15-6-9-31-14-15)26-7-10-30-11-8-26/h4-5,12,15,18H,3,6-11,13-14H2,1-2H3,(H,22,28)/t15-,18-/m0/s1. The molecular weight excluding hydrogens is 400 g/mol. The first-order chi connectivity index (χ1) is 15.2. The van der Waals surface area contributed by atoms with Crippen LogP contribution >= 0.6 is 0 Å². The van der Waals surface area contributed by atoms with E-state index < -0.39 is 0 Å². The maximum Gasteiger partial charge on any atom is 0.254 e. The van der Waals surface area contributed by atoms with Crippen molar-refractivity contribution in [3.05, 3.63) is 29.6 Å². The molecule has 0 aromatic carbocycles. The van der Waals surface area contributed by atoms with Crippen molar-refractivity contribution in [2.75, 3.05) is 53.2 Å². The van der Waals surface area contributed by atoms with Crippen LogP contribution in [0.15, 0.2) is 18.3 Å². The molecule has 2 atom stereocenters. The number of rotatable bonds is 8. The fourth-order valence-corrected chi connectivity index (χ4v) is 4.29. The molecule has 1 amide bonds. The molecular formula is C21H30N6O4. The van der Waals surface area contributed by atoms with E-state index in [9.17, 15) is 4.79 Å². The number of nitrogens with zero attached hydrogens (tertiary/aromatic N) is 5. The van der Waals surface area contributed by atoms with Crippen LogP contribution in [0.2, 0.25) is 0 Å². The molecule has 2 aliphatic heterocycles. The molecule has 0 saturated carbocycles. The van der Waals surface area contributed by atoms with Crippen LogP contribution in [-0.4, -0.2) is 90.0 Å². The quantitative estimate of drug-likeness (QED) is 0.653. The van der Waals surface area contributed by atoms with E-state index >= 15 is 0 Å². The number of methoxy groups -OCH3 is 1. The molecule has 2 fully saturated rings. The van der Waals surface area contributed by atoms with Crippen molar-refractivity contribution in [3.8, 4) is 11.7 Å². The van der Waals surface area contributed by atoms with Crippen LogP contribution in [-0.2, 0) is 15.9 Å². The molecule has 0 unspecified atom stereocenters. The third-order valence-corrected chi connectivity index (χ3v) is 6.00. The van der Waals surface area contributed by atoms with Gasteiger partial charge in [-0.15, -0.1) is 10.2 Å². The monoisotopic (exact) mass is 430 g/mol. The zero-order valence-electron chi connectivity index (χ0n) is 18.1. The summed E-state index contributed by atoms with van der Waals surface area (Å²) in [6.07, 6.45) is 3.26. The van der Waals surface area contributed by atoms with Crippen molar-refractivity contribution >= 4 is 5.91 Å². The van der Waals surface area contributed by atoms with Gasteiger partial charge < -0.3 is 19.5 Å². The maximum atomic E-state index is 13.1. The van der Waals surface area contributed by atoms with Crippen LogP contribution in [0.5, 0.6) is 5.88 Å². The topological polar surface area (TPSA) is 104 Å². The minimum Gasteiger partial charge on any atom is -0.480 e. The Morgan fingerprint density at radius 3 is 2.74 bits per heavy atom. The minimum absolute atomic E-state index is 0.123. The van der Waals surface area contributed by atoms with Gasteiger partial charge >= 0.3 is 0 Å². The molecule has 10 heteroatoms. The molecule has 31 heavy (non-hydrogen) atoms. The SMILES string of the molecule is CCc1c(C(=O)NC[C@@H]([C@H]2CCOC2)N2CCOCC2)cnn1-c1ccc(OC)nn1. The third kappa shape index (κ3) is 4.86. The fraction of sp³-hybridized carbons (Fsp3) is 0.619. The molecule has 0 bridgehead atoms. The van der Waals surface area contributed by atoms with Crippen molar-refractivity contribution in [2.24, 2.45) is 5.92 Å². The Morgan fingerprint density at radius 2 is 2.10 bits per heavy atom. The van der Waals surface area contributed by atoms with Gasteiger partial charge in [-0.2, -0.15) is 5.10 Å². The summed E-state index contributed by atoms with van der Waals surface area (Å²) in [5.74, 6) is 1.27. The molecule has 2 aromatic heterocycles. The molecule has 2 aromatic rings. The molecule has 10 nitrogen and oxygen atoms in total.